The van der Waals surface area contributed by atoms with Gasteiger partial charge >= 0.3 is 0 Å². The van der Waals surface area contributed by atoms with Crippen LogP contribution < -0.4 is 5.32 Å². The number of rotatable bonds is 4. The van der Waals surface area contributed by atoms with Gasteiger partial charge < -0.3 is 0 Å². The van der Waals surface area contributed by atoms with Gasteiger partial charge in [0.25, 0.3) is 0 Å². The van der Waals surface area contributed by atoms with Crippen LogP contribution in [0.15, 0.2) is 0 Å². The molecular weight excluding hydrogens is 160 g/mol. The maximum absolute atomic E-state index is 9.13. The second-order valence-corrected chi connectivity index (χ2v) is 4.03. The minimum Gasteiger partial charge on any atom is -0.299 e. The summed E-state index contributed by atoms with van der Waals surface area (Å²) < 4.78 is 0. The molecular formula is C11H20N2. The molecule has 2 nitrogen and oxygen atoms in total. The van der Waals surface area contributed by atoms with Crippen molar-refractivity contribution in [2.75, 3.05) is 6.54 Å². The molecule has 0 amide bonds. The van der Waals surface area contributed by atoms with Crippen LogP contribution in [0.2, 0.25) is 0 Å². The molecule has 0 radical (unpaired) electrons. The van der Waals surface area contributed by atoms with Crippen molar-refractivity contribution in [3.8, 4) is 6.07 Å². The first kappa shape index (κ1) is 10.5. The van der Waals surface area contributed by atoms with Crippen molar-refractivity contribution < 1.29 is 0 Å². The van der Waals surface area contributed by atoms with Gasteiger partial charge in [0.2, 0.25) is 0 Å². The highest BCUT2D eigenvalue weighted by Crippen LogP contribution is 2.27. The number of hydrogen-bond acceptors (Lipinski definition) is 2. The SMILES string of the molecule is CCCCNC1(C#N)CCCCC1. The second-order valence-electron chi connectivity index (χ2n) is 4.03. The van der Waals surface area contributed by atoms with E-state index >= 15 is 0 Å². The highest BCUT2D eigenvalue weighted by atomic mass is 15.0. The Hall–Kier alpha value is -0.550. The Balaban J connectivity index is 2.35. The summed E-state index contributed by atoms with van der Waals surface area (Å²) in [4.78, 5) is 0. The molecule has 0 heterocycles. The second kappa shape index (κ2) is 5.24. The summed E-state index contributed by atoms with van der Waals surface area (Å²) in [6, 6.07) is 2.47. The quantitative estimate of drug-likeness (QED) is 0.675. The summed E-state index contributed by atoms with van der Waals surface area (Å²) in [7, 11) is 0. The number of nitriles is 1. The maximum atomic E-state index is 9.13. The third-order valence-electron chi connectivity index (χ3n) is 2.91. The topological polar surface area (TPSA) is 35.8 Å². The van der Waals surface area contributed by atoms with Gasteiger partial charge in [-0.3, -0.25) is 5.32 Å². The molecule has 1 saturated carbocycles. The zero-order valence-corrected chi connectivity index (χ0v) is 8.60. The van der Waals surface area contributed by atoms with Crippen LogP contribution in [0.4, 0.5) is 0 Å². The van der Waals surface area contributed by atoms with Gasteiger partial charge in [0, 0.05) is 0 Å². The Morgan fingerprint density at radius 2 is 2.00 bits per heavy atom. The van der Waals surface area contributed by atoms with Gasteiger partial charge in [-0.05, 0) is 25.8 Å². The smallest absolute Gasteiger partial charge is 0.106 e. The van der Waals surface area contributed by atoms with Crippen LogP contribution in [0, 0.1) is 11.3 Å². The summed E-state index contributed by atoms with van der Waals surface area (Å²) in [5.41, 5.74) is -0.173. The summed E-state index contributed by atoms with van der Waals surface area (Å²) in [5, 5.41) is 12.6. The molecule has 1 fully saturated rings. The predicted octanol–water partition coefficient (Wildman–Crippen LogP) is 2.60. The van der Waals surface area contributed by atoms with E-state index in [4.69, 9.17) is 5.26 Å². The minimum atomic E-state index is -0.173. The summed E-state index contributed by atoms with van der Waals surface area (Å²) in [6.07, 6.45) is 8.22. The Kier molecular flexibility index (Phi) is 4.24. The van der Waals surface area contributed by atoms with Gasteiger partial charge in [-0.15, -0.1) is 0 Å². The Labute approximate surface area is 81.3 Å². The molecule has 0 spiro atoms. The van der Waals surface area contributed by atoms with Crippen molar-refractivity contribution in [3.05, 3.63) is 0 Å². The van der Waals surface area contributed by atoms with E-state index in [0.717, 1.165) is 19.4 Å². The van der Waals surface area contributed by atoms with Gasteiger partial charge in [-0.1, -0.05) is 32.6 Å². The third-order valence-corrected chi connectivity index (χ3v) is 2.91. The molecule has 0 aromatic rings. The van der Waals surface area contributed by atoms with E-state index in [-0.39, 0.29) is 5.54 Å². The predicted molar refractivity (Wildman–Crippen MR) is 54.3 cm³/mol. The van der Waals surface area contributed by atoms with Crippen molar-refractivity contribution in [2.45, 2.75) is 57.4 Å². The third kappa shape index (κ3) is 3.00. The van der Waals surface area contributed by atoms with Crippen molar-refractivity contribution in [3.63, 3.8) is 0 Å². The molecule has 0 aromatic heterocycles. The molecule has 0 saturated heterocycles. The van der Waals surface area contributed by atoms with Crippen molar-refractivity contribution >= 4 is 0 Å². The van der Waals surface area contributed by atoms with E-state index in [1.165, 1.54) is 32.1 Å². The highest BCUT2D eigenvalue weighted by molar-refractivity contribution is 5.08. The number of nitrogens with one attached hydrogen (secondary N) is 1. The Bertz CT molecular complexity index is 175. The lowest BCUT2D eigenvalue weighted by Gasteiger charge is -2.31. The fraction of sp³-hybridized carbons (Fsp3) is 0.909. The number of nitrogens with zero attached hydrogens (tertiary/aromatic N) is 1. The summed E-state index contributed by atoms with van der Waals surface area (Å²) >= 11 is 0. The minimum absolute atomic E-state index is 0.173. The average molecular weight is 180 g/mol. The molecule has 13 heavy (non-hydrogen) atoms. The zero-order valence-electron chi connectivity index (χ0n) is 8.60. The van der Waals surface area contributed by atoms with Gasteiger partial charge in [0.15, 0.2) is 0 Å². The first-order valence-corrected chi connectivity index (χ1v) is 5.49. The first-order chi connectivity index (χ1) is 6.33. The number of hydrogen-bond donors (Lipinski definition) is 1. The lowest BCUT2D eigenvalue weighted by atomic mass is 9.83. The van der Waals surface area contributed by atoms with E-state index < -0.39 is 0 Å². The van der Waals surface area contributed by atoms with Gasteiger partial charge in [-0.2, -0.15) is 5.26 Å². The lowest BCUT2D eigenvalue weighted by Crippen LogP contribution is -2.45. The highest BCUT2D eigenvalue weighted by Gasteiger charge is 2.30. The summed E-state index contributed by atoms with van der Waals surface area (Å²) in [6.45, 7) is 3.19. The van der Waals surface area contributed by atoms with Crippen molar-refractivity contribution in [1.82, 2.24) is 5.32 Å². The van der Waals surface area contributed by atoms with Crippen LogP contribution in [0.1, 0.15) is 51.9 Å². The van der Waals surface area contributed by atoms with Crippen LogP contribution in [-0.4, -0.2) is 12.1 Å². The number of unbranched alkanes of at least 4 members (excludes halogenated alkanes) is 1. The monoisotopic (exact) mass is 180 g/mol. The van der Waals surface area contributed by atoms with Crippen LogP contribution in [0.3, 0.4) is 0 Å². The largest absolute Gasteiger partial charge is 0.299 e. The van der Waals surface area contributed by atoms with Crippen molar-refractivity contribution in [1.29, 1.82) is 5.26 Å². The van der Waals surface area contributed by atoms with Crippen molar-refractivity contribution in [2.24, 2.45) is 0 Å². The molecule has 1 aliphatic carbocycles. The molecule has 74 valence electrons. The molecule has 0 aromatic carbocycles. The van der Waals surface area contributed by atoms with Crippen LogP contribution in [0.25, 0.3) is 0 Å². The molecule has 1 aliphatic rings. The molecule has 0 aliphatic heterocycles. The fourth-order valence-electron chi connectivity index (χ4n) is 1.99. The van der Waals surface area contributed by atoms with Crippen LogP contribution in [0.5, 0.6) is 0 Å². The normalized spacial score (nSPS) is 20.9. The molecule has 1 rings (SSSR count). The Morgan fingerprint density at radius 3 is 2.54 bits per heavy atom. The molecule has 0 atom stereocenters. The van der Waals surface area contributed by atoms with Gasteiger partial charge in [0.1, 0.15) is 5.54 Å². The molecule has 1 N–H and O–H groups in total. The first-order valence-electron chi connectivity index (χ1n) is 5.49. The fourth-order valence-corrected chi connectivity index (χ4v) is 1.99. The van der Waals surface area contributed by atoms with E-state index in [2.05, 4.69) is 18.3 Å². The standard InChI is InChI=1S/C11H20N2/c1-2-3-9-13-11(10-12)7-5-4-6-8-11/h13H,2-9H2,1H3. The lowest BCUT2D eigenvalue weighted by molar-refractivity contribution is 0.297. The Morgan fingerprint density at radius 1 is 1.31 bits per heavy atom. The van der Waals surface area contributed by atoms with Crippen LogP contribution in [-0.2, 0) is 0 Å². The van der Waals surface area contributed by atoms with E-state index in [9.17, 15) is 0 Å². The van der Waals surface area contributed by atoms with Crippen LogP contribution >= 0.6 is 0 Å². The summed E-state index contributed by atoms with van der Waals surface area (Å²) in [5.74, 6) is 0. The average Bonchev–Trinajstić information content (AvgIpc) is 2.20. The zero-order chi connectivity index (χ0) is 9.57. The van der Waals surface area contributed by atoms with E-state index in [1.807, 2.05) is 0 Å². The van der Waals surface area contributed by atoms with Gasteiger partial charge in [0.05, 0.1) is 6.07 Å². The molecule has 2 heteroatoms. The molecule has 0 bridgehead atoms. The molecule has 0 unspecified atom stereocenters. The van der Waals surface area contributed by atoms with Gasteiger partial charge in [-0.25, -0.2) is 0 Å². The van der Waals surface area contributed by atoms with E-state index in [1.54, 1.807) is 0 Å². The van der Waals surface area contributed by atoms with E-state index in [0.29, 0.717) is 0 Å². The maximum Gasteiger partial charge on any atom is 0.106 e.